The van der Waals surface area contributed by atoms with Gasteiger partial charge in [-0.25, -0.2) is 8.78 Å². The molecule has 0 heterocycles. The summed E-state index contributed by atoms with van der Waals surface area (Å²) in [7, 11) is 0. The molecule has 0 bridgehead atoms. The van der Waals surface area contributed by atoms with Crippen LogP contribution < -0.4 is 16.0 Å². The van der Waals surface area contributed by atoms with Crippen molar-refractivity contribution >= 4 is 92.8 Å². The molecule has 6 nitrogen and oxygen atoms in total. The van der Waals surface area contributed by atoms with Gasteiger partial charge in [-0.1, -0.05) is 40.9 Å². The molecule has 1 aliphatic carbocycles. The van der Waals surface area contributed by atoms with E-state index >= 15 is 0 Å². The van der Waals surface area contributed by atoms with Crippen molar-refractivity contribution in [1.29, 1.82) is 0 Å². The molecular weight excluding hydrogens is 606 g/mol. The number of anilines is 3. The molecule has 1 aliphatic rings. The molecule has 0 aromatic heterocycles. The molecule has 0 spiro atoms. The minimum Gasteiger partial charge on any atom is -0.326 e. The van der Waals surface area contributed by atoms with Gasteiger partial charge in [-0.2, -0.15) is 0 Å². The van der Waals surface area contributed by atoms with E-state index in [-0.39, 0.29) is 21.3 Å². The maximum absolute atomic E-state index is 14.7. The van der Waals surface area contributed by atoms with Crippen LogP contribution in [0, 0.1) is 17.6 Å². The number of benzene rings is 3. The minimum absolute atomic E-state index is 0.00533. The zero-order valence-corrected chi connectivity index (χ0v) is 22.9. The third-order valence-corrected chi connectivity index (χ3v) is 7.77. The molecule has 13 heteroatoms. The highest BCUT2D eigenvalue weighted by Crippen LogP contribution is 2.65. The summed E-state index contributed by atoms with van der Waals surface area (Å²) >= 11 is 31.0. The Labute approximate surface area is 240 Å². The van der Waals surface area contributed by atoms with Gasteiger partial charge >= 0.3 is 0 Å². The SMILES string of the molecule is CC(=O)Nc1c(F)ccc(NC(=O)c2cc(NC(=O)C3[C@H](c4ccc(Cl)c(Cl)c4)C3(Cl)Cl)ccc2Cl)c1F. The largest absolute Gasteiger partial charge is 0.326 e. The van der Waals surface area contributed by atoms with Crippen LogP contribution in [0.4, 0.5) is 25.8 Å². The van der Waals surface area contributed by atoms with E-state index in [4.69, 9.17) is 58.0 Å². The van der Waals surface area contributed by atoms with Crippen molar-refractivity contribution in [3.05, 3.63) is 86.4 Å². The highest BCUT2D eigenvalue weighted by Gasteiger charge is 2.67. The second-order valence-corrected chi connectivity index (χ2v) is 11.1. The average molecular weight is 622 g/mol. The fourth-order valence-corrected chi connectivity index (χ4v) is 5.24. The van der Waals surface area contributed by atoms with Gasteiger partial charge in [0.25, 0.3) is 5.91 Å². The molecule has 2 atom stereocenters. The van der Waals surface area contributed by atoms with Crippen molar-refractivity contribution in [1.82, 2.24) is 0 Å². The number of halogens is 7. The van der Waals surface area contributed by atoms with E-state index in [9.17, 15) is 23.2 Å². The number of carbonyl (C=O) groups is 3. The highest BCUT2D eigenvalue weighted by molar-refractivity contribution is 6.53. The summed E-state index contributed by atoms with van der Waals surface area (Å²) in [4.78, 5) is 37.1. The number of alkyl halides is 2. The zero-order valence-electron chi connectivity index (χ0n) is 19.1. The molecule has 4 rings (SSSR count). The molecule has 1 unspecified atom stereocenters. The van der Waals surface area contributed by atoms with Crippen LogP contribution in [-0.4, -0.2) is 22.1 Å². The summed E-state index contributed by atoms with van der Waals surface area (Å²) in [5.41, 5.74) is -0.419. The van der Waals surface area contributed by atoms with Gasteiger partial charge in [0.2, 0.25) is 11.8 Å². The Kier molecular flexibility index (Phi) is 8.12. The Balaban J connectivity index is 1.52. The first-order valence-corrected chi connectivity index (χ1v) is 12.7. The maximum atomic E-state index is 14.7. The van der Waals surface area contributed by atoms with Crippen LogP contribution in [0.1, 0.15) is 28.8 Å². The first-order valence-electron chi connectivity index (χ1n) is 10.8. The standard InChI is InChI=1S/C25H16Cl5F2N3O3/c1-10(36)33-22-17(31)6-7-18(21(22)32)35-23(37)13-9-12(3-5-14(13)26)34-24(38)20-19(25(20,29)30)11-2-4-15(27)16(28)8-11/h2-9,19-20H,1H3,(H,33,36)(H,34,38)(H,35,37)/t19-,20?/m0/s1. The summed E-state index contributed by atoms with van der Waals surface area (Å²) in [6.07, 6.45) is 0. The number of carbonyl (C=O) groups excluding carboxylic acids is 3. The molecule has 198 valence electrons. The Bertz CT molecular complexity index is 1480. The number of rotatable bonds is 6. The van der Waals surface area contributed by atoms with Gasteiger partial charge in [0.1, 0.15) is 15.8 Å². The third kappa shape index (κ3) is 5.70. The minimum atomic E-state index is -1.40. The quantitative estimate of drug-likeness (QED) is 0.247. The summed E-state index contributed by atoms with van der Waals surface area (Å²) in [6.45, 7) is 1.08. The van der Waals surface area contributed by atoms with Crippen molar-refractivity contribution in [2.24, 2.45) is 5.92 Å². The molecule has 0 saturated heterocycles. The summed E-state index contributed by atoms with van der Waals surface area (Å²) in [5.74, 6) is -5.68. The van der Waals surface area contributed by atoms with Gasteiger partial charge in [-0.05, 0) is 48.0 Å². The van der Waals surface area contributed by atoms with Crippen LogP contribution in [0.15, 0.2) is 48.5 Å². The monoisotopic (exact) mass is 619 g/mol. The van der Waals surface area contributed by atoms with Crippen molar-refractivity contribution in [3.63, 3.8) is 0 Å². The lowest BCUT2D eigenvalue weighted by Gasteiger charge is -2.13. The van der Waals surface area contributed by atoms with Gasteiger partial charge in [0.15, 0.2) is 5.82 Å². The summed E-state index contributed by atoms with van der Waals surface area (Å²) in [6, 6.07) is 10.8. The normalized spacial score (nSPS) is 17.5. The molecular formula is C25H16Cl5F2N3O3. The topological polar surface area (TPSA) is 87.3 Å². The lowest BCUT2D eigenvalue weighted by molar-refractivity contribution is -0.117. The Hall–Kier alpha value is -2.62. The average Bonchev–Trinajstić information content (AvgIpc) is 3.43. The van der Waals surface area contributed by atoms with E-state index in [1.54, 1.807) is 18.2 Å². The van der Waals surface area contributed by atoms with E-state index in [2.05, 4.69) is 10.6 Å². The third-order valence-electron chi connectivity index (χ3n) is 5.76. The second kappa shape index (κ2) is 10.9. The number of amides is 3. The predicted molar refractivity (Wildman–Crippen MR) is 146 cm³/mol. The molecule has 1 saturated carbocycles. The summed E-state index contributed by atoms with van der Waals surface area (Å²) < 4.78 is 27.2. The van der Waals surface area contributed by atoms with Crippen LogP contribution in [0.25, 0.3) is 0 Å². The number of hydrogen-bond donors (Lipinski definition) is 3. The lowest BCUT2D eigenvalue weighted by atomic mass is 10.1. The van der Waals surface area contributed by atoms with E-state index < -0.39 is 56.9 Å². The Morgan fingerprint density at radius 1 is 0.842 bits per heavy atom. The van der Waals surface area contributed by atoms with E-state index in [0.29, 0.717) is 10.6 Å². The fraction of sp³-hybridized carbons (Fsp3) is 0.160. The van der Waals surface area contributed by atoms with Crippen molar-refractivity contribution in [2.75, 3.05) is 16.0 Å². The first kappa shape index (κ1) is 28.4. The van der Waals surface area contributed by atoms with E-state index in [1.807, 2.05) is 5.32 Å². The van der Waals surface area contributed by atoms with Crippen LogP contribution in [0.2, 0.25) is 15.1 Å². The van der Waals surface area contributed by atoms with Gasteiger partial charge < -0.3 is 16.0 Å². The van der Waals surface area contributed by atoms with Gasteiger partial charge in [-0.3, -0.25) is 14.4 Å². The molecule has 3 aromatic carbocycles. The van der Waals surface area contributed by atoms with E-state index in [0.717, 1.165) is 19.1 Å². The smallest absolute Gasteiger partial charge is 0.257 e. The van der Waals surface area contributed by atoms with Crippen molar-refractivity contribution in [3.8, 4) is 0 Å². The molecule has 1 fully saturated rings. The molecule has 0 radical (unpaired) electrons. The lowest BCUT2D eigenvalue weighted by Crippen LogP contribution is -2.19. The second-order valence-electron chi connectivity index (χ2n) is 8.41. The summed E-state index contributed by atoms with van der Waals surface area (Å²) in [5, 5.41) is 7.58. The molecule has 3 N–H and O–H groups in total. The Morgan fingerprint density at radius 3 is 2.18 bits per heavy atom. The Morgan fingerprint density at radius 2 is 1.53 bits per heavy atom. The van der Waals surface area contributed by atoms with E-state index in [1.165, 1.54) is 18.2 Å². The molecule has 3 amide bonds. The van der Waals surface area contributed by atoms with Crippen molar-refractivity contribution < 1.29 is 23.2 Å². The van der Waals surface area contributed by atoms with Gasteiger partial charge in [-0.15, -0.1) is 23.2 Å². The van der Waals surface area contributed by atoms with Crippen LogP contribution in [0.3, 0.4) is 0 Å². The number of hydrogen-bond acceptors (Lipinski definition) is 3. The molecule has 0 aliphatic heterocycles. The fourth-order valence-electron chi connectivity index (χ4n) is 3.90. The predicted octanol–water partition coefficient (Wildman–Crippen LogP) is 7.66. The maximum Gasteiger partial charge on any atom is 0.257 e. The highest BCUT2D eigenvalue weighted by atomic mass is 35.5. The van der Waals surface area contributed by atoms with Gasteiger partial charge in [0.05, 0.1) is 32.2 Å². The van der Waals surface area contributed by atoms with Gasteiger partial charge in [0, 0.05) is 18.5 Å². The van der Waals surface area contributed by atoms with Crippen LogP contribution in [0.5, 0.6) is 0 Å². The van der Waals surface area contributed by atoms with Crippen LogP contribution >= 0.6 is 58.0 Å². The molecule has 3 aromatic rings. The molecule has 38 heavy (non-hydrogen) atoms. The zero-order chi connectivity index (χ0) is 27.9. The number of nitrogens with one attached hydrogen (secondary N) is 3. The first-order chi connectivity index (χ1) is 17.8. The van der Waals surface area contributed by atoms with Crippen LogP contribution in [-0.2, 0) is 9.59 Å². The van der Waals surface area contributed by atoms with Crippen molar-refractivity contribution in [2.45, 2.75) is 17.2 Å².